The molecule has 0 aliphatic heterocycles. The van der Waals surface area contributed by atoms with E-state index in [2.05, 4.69) is 0 Å². The van der Waals surface area contributed by atoms with Crippen molar-refractivity contribution in [1.82, 2.24) is 0 Å². The van der Waals surface area contributed by atoms with Crippen molar-refractivity contribution < 1.29 is 18.8 Å². The summed E-state index contributed by atoms with van der Waals surface area (Å²) in [5, 5.41) is 8.56. The number of benzene rings is 2. The lowest BCUT2D eigenvalue weighted by Gasteiger charge is -2.06. The molecule has 2 aromatic rings. The van der Waals surface area contributed by atoms with Gasteiger partial charge in [-0.25, -0.2) is 0 Å². The van der Waals surface area contributed by atoms with Gasteiger partial charge in [-0.1, -0.05) is 30.3 Å². The maximum atomic E-state index is 11.5. The Morgan fingerprint density at radius 3 is 2.20 bits per heavy atom. The van der Waals surface area contributed by atoms with Crippen LogP contribution in [0.25, 0.3) is 0 Å². The second-order valence-electron chi connectivity index (χ2n) is 4.18. The molecule has 0 aromatic heterocycles. The summed E-state index contributed by atoms with van der Waals surface area (Å²) in [6.45, 7) is 0. The summed E-state index contributed by atoms with van der Waals surface area (Å²) >= 11 is 0. The highest BCUT2D eigenvalue weighted by Crippen LogP contribution is 2.21. The Bertz CT molecular complexity index is 593. The van der Waals surface area contributed by atoms with E-state index in [1.807, 2.05) is 30.3 Å². The zero-order chi connectivity index (χ0) is 14.4. The number of rotatable bonds is 6. The van der Waals surface area contributed by atoms with Crippen LogP contribution in [-0.4, -0.2) is 21.0 Å². The van der Waals surface area contributed by atoms with Crippen LogP contribution in [0, 0.1) is 0 Å². The first-order valence-electron chi connectivity index (χ1n) is 6.02. The highest BCUT2D eigenvalue weighted by molar-refractivity contribution is 7.84. The monoisotopic (exact) mass is 290 g/mol. The molecule has 0 radical (unpaired) electrons. The van der Waals surface area contributed by atoms with E-state index in [1.165, 1.54) is 0 Å². The predicted molar refractivity (Wildman–Crippen MR) is 77.3 cm³/mol. The quantitative estimate of drug-likeness (QED) is 0.888. The number of carboxylic acid groups (broad SMARTS) is 1. The summed E-state index contributed by atoms with van der Waals surface area (Å²) in [6.07, 6.45) is 0. The first-order chi connectivity index (χ1) is 9.63. The van der Waals surface area contributed by atoms with E-state index in [0.717, 1.165) is 11.3 Å². The number of para-hydroxylation sites is 1. The maximum absolute atomic E-state index is 11.5. The second-order valence-corrected chi connectivity index (χ2v) is 5.64. The molecular formula is C15H14O4S. The molecule has 1 N–H and O–H groups in total. The largest absolute Gasteiger partial charge is 0.481 e. The minimum absolute atomic E-state index is 0.234. The van der Waals surface area contributed by atoms with Crippen molar-refractivity contribution in [2.24, 2.45) is 0 Å². The first-order valence-corrected chi connectivity index (χ1v) is 7.51. The Labute approximate surface area is 119 Å². The second kappa shape index (κ2) is 6.86. The van der Waals surface area contributed by atoms with Gasteiger partial charge in [0.25, 0.3) is 0 Å². The van der Waals surface area contributed by atoms with E-state index in [4.69, 9.17) is 9.84 Å². The zero-order valence-corrected chi connectivity index (χ0v) is 11.5. The van der Waals surface area contributed by atoms with Gasteiger partial charge in [-0.3, -0.25) is 9.00 Å². The van der Waals surface area contributed by atoms with Gasteiger partial charge in [0.05, 0.1) is 0 Å². The van der Waals surface area contributed by atoms with Crippen molar-refractivity contribution >= 4 is 16.8 Å². The number of hydrogen-bond donors (Lipinski definition) is 1. The van der Waals surface area contributed by atoms with Gasteiger partial charge in [-0.05, 0) is 29.8 Å². The summed E-state index contributed by atoms with van der Waals surface area (Å²) < 4.78 is 17.1. The van der Waals surface area contributed by atoms with Gasteiger partial charge < -0.3 is 9.84 Å². The molecule has 0 heterocycles. The van der Waals surface area contributed by atoms with Gasteiger partial charge in [0, 0.05) is 16.6 Å². The summed E-state index contributed by atoms with van der Waals surface area (Å²) in [7, 11) is -1.39. The number of ether oxygens (including phenoxy) is 1. The lowest BCUT2D eigenvalue weighted by molar-refractivity contribution is -0.133. The molecule has 0 saturated carbocycles. The number of aliphatic carboxylic acids is 1. The van der Waals surface area contributed by atoms with E-state index >= 15 is 0 Å². The van der Waals surface area contributed by atoms with Crippen molar-refractivity contribution in [3.05, 3.63) is 60.2 Å². The zero-order valence-electron chi connectivity index (χ0n) is 10.7. The van der Waals surface area contributed by atoms with Crippen molar-refractivity contribution in [2.45, 2.75) is 5.75 Å². The van der Waals surface area contributed by atoms with Crippen molar-refractivity contribution in [2.75, 3.05) is 5.75 Å². The third kappa shape index (κ3) is 4.51. The fourth-order valence-corrected chi connectivity index (χ4v) is 2.59. The summed E-state index contributed by atoms with van der Waals surface area (Å²) in [6, 6.07) is 16.5. The van der Waals surface area contributed by atoms with Gasteiger partial charge in [0.1, 0.15) is 17.3 Å². The van der Waals surface area contributed by atoms with Crippen LogP contribution < -0.4 is 4.74 Å². The average Bonchev–Trinajstić information content (AvgIpc) is 2.41. The van der Waals surface area contributed by atoms with Crippen LogP contribution >= 0.6 is 0 Å². The Hall–Kier alpha value is -2.14. The molecule has 0 spiro atoms. The van der Waals surface area contributed by atoms with Crippen LogP contribution in [0.15, 0.2) is 54.6 Å². The Kier molecular flexibility index (Phi) is 4.90. The van der Waals surface area contributed by atoms with Gasteiger partial charge in [0.2, 0.25) is 0 Å². The van der Waals surface area contributed by atoms with Crippen LogP contribution in [0.5, 0.6) is 11.5 Å². The van der Waals surface area contributed by atoms with Crippen LogP contribution in [0.4, 0.5) is 0 Å². The van der Waals surface area contributed by atoms with E-state index in [0.29, 0.717) is 5.75 Å². The topological polar surface area (TPSA) is 63.6 Å². The Morgan fingerprint density at radius 2 is 1.60 bits per heavy atom. The van der Waals surface area contributed by atoms with Gasteiger partial charge >= 0.3 is 5.97 Å². The molecule has 0 aliphatic rings. The van der Waals surface area contributed by atoms with Crippen molar-refractivity contribution in [1.29, 1.82) is 0 Å². The summed E-state index contributed by atoms with van der Waals surface area (Å²) in [5.41, 5.74) is 0.824. The van der Waals surface area contributed by atoms with Gasteiger partial charge in [-0.15, -0.1) is 0 Å². The molecule has 0 bridgehead atoms. The Balaban J connectivity index is 1.96. The molecule has 0 aliphatic carbocycles. The third-order valence-corrected chi connectivity index (χ3v) is 3.74. The smallest absolute Gasteiger partial charge is 0.316 e. The molecule has 20 heavy (non-hydrogen) atoms. The summed E-state index contributed by atoms with van der Waals surface area (Å²) in [4.78, 5) is 10.4. The van der Waals surface area contributed by atoms with E-state index in [1.54, 1.807) is 24.3 Å². The fraction of sp³-hybridized carbons (Fsp3) is 0.133. The van der Waals surface area contributed by atoms with Gasteiger partial charge in [0.15, 0.2) is 0 Å². The molecule has 104 valence electrons. The molecule has 0 saturated heterocycles. The molecule has 5 heteroatoms. The predicted octanol–water partition coefficient (Wildman–Crippen LogP) is 2.81. The van der Waals surface area contributed by atoms with Crippen LogP contribution in [0.2, 0.25) is 0 Å². The minimum atomic E-state index is -1.39. The van der Waals surface area contributed by atoms with E-state index in [-0.39, 0.29) is 11.5 Å². The third-order valence-electron chi connectivity index (χ3n) is 2.51. The normalized spacial score (nSPS) is 11.8. The van der Waals surface area contributed by atoms with Crippen molar-refractivity contribution in [3.63, 3.8) is 0 Å². The molecule has 4 nitrogen and oxygen atoms in total. The first kappa shape index (κ1) is 14.3. The maximum Gasteiger partial charge on any atom is 0.316 e. The summed E-state index contributed by atoms with van der Waals surface area (Å²) in [5.74, 6) is 0.284. The molecule has 2 rings (SSSR count). The van der Waals surface area contributed by atoms with E-state index in [9.17, 15) is 9.00 Å². The van der Waals surface area contributed by atoms with Gasteiger partial charge in [-0.2, -0.15) is 0 Å². The fourth-order valence-electron chi connectivity index (χ4n) is 1.65. The highest BCUT2D eigenvalue weighted by Gasteiger charge is 2.07. The molecule has 0 unspecified atom stereocenters. The molecule has 0 amide bonds. The molecule has 1 atom stereocenters. The number of hydrogen-bond acceptors (Lipinski definition) is 3. The highest BCUT2D eigenvalue weighted by atomic mass is 32.2. The number of carboxylic acids is 1. The van der Waals surface area contributed by atoms with Crippen LogP contribution in [-0.2, 0) is 21.3 Å². The van der Waals surface area contributed by atoms with E-state index < -0.39 is 16.8 Å². The Morgan fingerprint density at radius 1 is 1.00 bits per heavy atom. The lowest BCUT2D eigenvalue weighted by Crippen LogP contribution is -2.10. The average molecular weight is 290 g/mol. The van der Waals surface area contributed by atoms with Crippen molar-refractivity contribution in [3.8, 4) is 11.5 Å². The SMILES string of the molecule is O=C(O)C[S@@](=O)Cc1ccc(Oc2ccccc2)cc1. The molecule has 0 fully saturated rings. The molecule has 2 aromatic carbocycles. The number of carbonyl (C=O) groups is 1. The minimum Gasteiger partial charge on any atom is -0.481 e. The lowest BCUT2D eigenvalue weighted by atomic mass is 10.2. The molecular weight excluding hydrogens is 276 g/mol. The van der Waals surface area contributed by atoms with Crippen LogP contribution in [0.1, 0.15) is 5.56 Å². The standard InChI is InChI=1S/C15H14O4S/c16-15(17)11-20(18)10-12-6-8-14(9-7-12)19-13-4-2-1-3-5-13/h1-9H,10-11H2,(H,16,17)/t20-/m0/s1. The van der Waals surface area contributed by atoms with Crippen LogP contribution in [0.3, 0.4) is 0 Å².